The lowest BCUT2D eigenvalue weighted by atomic mass is 10.2. The summed E-state index contributed by atoms with van der Waals surface area (Å²) in [5.74, 6) is -2.34. The first-order valence-electron chi connectivity index (χ1n) is 9.98. The van der Waals surface area contributed by atoms with Crippen LogP contribution in [0.5, 0.6) is 0 Å². The summed E-state index contributed by atoms with van der Waals surface area (Å²) in [6, 6.07) is 19.0. The molecule has 3 N–H and O–H groups in total. The number of fused-ring (bicyclic) bond motifs is 1. The summed E-state index contributed by atoms with van der Waals surface area (Å²) in [5, 5.41) is 6.35. The molecule has 0 fully saturated rings. The van der Waals surface area contributed by atoms with Gasteiger partial charge < -0.3 is 10.6 Å². The lowest BCUT2D eigenvalue weighted by Gasteiger charge is -2.13. The number of para-hydroxylation sites is 1. The van der Waals surface area contributed by atoms with Crippen molar-refractivity contribution in [3.05, 3.63) is 92.0 Å². The Balaban J connectivity index is 1.64. The second-order valence-corrected chi connectivity index (χ2v) is 9.56. The number of aryl methyl sites for hydroxylation is 1. The van der Waals surface area contributed by atoms with Gasteiger partial charge >= 0.3 is 11.8 Å². The van der Waals surface area contributed by atoms with Gasteiger partial charge in [0.1, 0.15) is 5.69 Å². The monoisotopic (exact) mass is 602 g/mol. The van der Waals surface area contributed by atoms with Crippen molar-refractivity contribution < 1.29 is 14.4 Å². The highest BCUT2D eigenvalue weighted by molar-refractivity contribution is 9.10. The largest absolute Gasteiger partial charge is 0.328 e. The second kappa shape index (κ2) is 10.0. The summed E-state index contributed by atoms with van der Waals surface area (Å²) in [4.78, 5) is 38.5. The molecule has 7 nitrogen and oxygen atoms in total. The zero-order valence-electron chi connectivity index (χ0n) is 17.7. The van der Waals surface area contributed by atoms with E-state index in [1.54, 1.807) is 54.6 Å². The Morgan fingerprint density at radius 1 is 0.853 bits per heavy atom. The van der Waals surface area contributed by atoms with Crippen LogP contribution in [0.3, 0.4) is 0 Å². The van der Waals surface area contributed by atoms with Crippen molar-refractivity contribution >= 4 is 83.5 Å². The molecule has 3 aromatic carbocycles. The van der Waals surface area contributed by atoms with Crippen molar-refractivity contribution in [2.45, 2.75) is 6.92 Å². The SMILES string of the molecule is Cc1ccc(NC(=O)C(=O)Nn2c(C(=O)Nc3ccccc3Cl)cc3cc(Br)ccc32)c(Br)c1. The number of hydrogen-bond acceptors (Lipinski definition) is 3. The van der Waals surface area contributed by atoms with Crippen molar-refractivity contribution in [1.29, 1.82) is 0 Å². The van der Waals surface area contributed by atoms with E-state index >= 15 is 0 Å². The third-order valence-electron chi connectivity index (χ3n) is 4.91. The van der Waals surface area contributed by atoms with Gasteiger partial charge in [0.05, 0.1) is 21.9 Å². The van der Waals surface area contributed by atoms with Gasteiger partial charge in [-0.1, -0.05) is 45.7 Å². The molecule has 1 aromatic heterocycles. The zero-order valence-corrected chi connectivity index (χ0v) is 21.6. The first-order valence-corrected chi connectivity index (χ1v) is 11.9. The van der Waals surface area contributed by atoms with Gasteiger partial charge in [0.2, 0.25) is 0 Å². The molecule has 0 atom stereocenters. The molecule has 0 radical (unpaired) electrons. The molecule has 0 spiro atoms. The molecule has 10 heteroatoms. The Hall–Kier alpha value is -3.14. The number of rotatable bonds is 4. The number of nitrogens with one attached hydrogen (secondary N) is 3. The fraction of sp³-hybridized carbons (Fsp3) is 0.0417. The van der Waals surface area contributed by atoms with Crippen LogP contribution in [0.2, 0.25) is 5.02 Å². The van der Waals surface area contributed by atoms with Crippen LogP contribution in [0.1, 0.15) is 16.1 Å². The third-order valence-corrected chi connectivity index (χ3v) is 6.39. The summed E-state index contributed by atoms with van der Waals surface area (Å²) in [6.45, 7) is 1.91. The lowest BCUT2D eigenvalue weighted by molar-refractivity contribution is -0.133. The van der Waals surface area contributed by atoms with Crippen LogP contribution in [-0.4, -0.2) is 22.4 Å². The van der Waals surface area contributed by atoms with Gasteiger partial charge in [0, 0.05) is 14.3 Å². The number of hydrogen-bond donors (Lipinski definition) is 3. The van der Waals surface area contributed by atoms with Gasteiger partial charge in [-0.2, -0.15) is 0 Å². The van der Waals surface area contributed by atoms with E-state index < -0.39 is 17.7 Å². The van der Waals surface area contributed by atoms with Crippen LogP contribution in [0, 0.1) is 6.92 Å². The number of anilines is 2. The predicted molar refractivity (Wildman–Crippen MR) is 141 cm³/mol. The number of benzene rings is 3. The molecule has 0 aliphatic carbocycles. The first-order chi connectivity index (χ1) is 16.2. The molecule has 1 heterocycles. The second-order valence-electron chi connectivity index (χ2n) is 7.38. The fourth-order valence-corrected chi connectivity index (χ4v) is 4.43. The van der Waals surface area contributed by atoms with Crippen molar-refractivity contribution in [1.82, 2.24) is 4.68 Å². The normalized spacial score (nSPS) is 10.7. The molecule has 0 bridgehead atoms. The summed E-state index contributed by atoms with van der Waals surface area (Å²) in [5.41, 5.74) is 5.03. The van der Waals surface area contributed by atoms with Crippen LogP contribution in [0.4, 0.5) is 11.4 Å². The number of carbonyl (C=O) groups is 3. The van der Waals surface area contributed by atoms with Crippen molar-refractivity contribution in [3.8, 4) is 0 Å². The van der Waals surface area contributed by atoms with E-state index in [1.807, 2.05) is 19.1 Å². The summed E-state index contributed by atoms with van der Waals surface area (Å²) < 4.78 is 2.72. The molecule has 0 saturated heterocycles. The Labute approximate surface area is 216 Å². The maximum atomic E-state index is 13.1. The third kappa shape index (κ3) is 5.16. The minimum absolute atomic E-state index is 0.116. The predicted octanol–water partition coefficient (Wildman–Crippen LogP) is 6.09. The van der Waals surface area contributed by atoms with E-state index in [4.69, 9.17) is 11.6 Å². The summed E-state index contributed by atoms with van der Waals surface area (Å²) in [7, 11) is 0. The maximum Gasteiger partial charge on any atom is 0.328 e. The Morgan fingerprint density at radius 2 is 1.62 bits per heavy atom. The minimum Gasteiger partial charge on any atom is -0.319 e. The Bertz CT molecular complexity index is 1450. The number of amides is 3. The number of nitrogens with zero attached hydrogens (tertiary/aromatic N) is 1. The van der Waals surface area contributed by atoms with Gasteiger partial charge in [0.15, 0.2) is 0 Å². The van der Waals surface area contributed by atoms with E-state index in [0.717, 1.165) is 10.0 Å². The molecule has 0 aliphatic rings. The van der Waals surface area contributed by atoms with Crippen LogP contribution in [0.25, 0.3) is 10.9 Å². The Morgan fingerprint density at radius 3 is 2.35 bits per heavy atom. The standard InChI is InChI=1S/C24H17Br2ClN4O3/c1-13-6-8-18(16(26)10-13)28-23(33)24(34)30-31-20-9-7-15(25)11-14(20)12-21(31)22(32)29-19-5-3-2-4-17(19)27/h2-12H,1H3,(H,28,33)(H,29,32)(H,30,34). The van der Waals surface area contributed by atoms with E-state index in [0.29, 0.717) is 31.8 Å². The average molecular weight is 605 g/mol. The van der Waals surface area contributed by atoms with Gasteiger partial charge in [-0.15, -0.1) is 0 Å². The number of carbonyl (C=O) groups excluding carboxylic acids is 3. The molecule has 4 aromatic rings. The van der Waals surface area contributed by atoms with Crippen LogP contribution in [0.15, 0.2) is 75.7 Å². The van der Waals surface area contributed by atoms with Crippen LogP contribution in [-0.2, 0) is 9.59 Å². The van der Waals surface area contributed by atoms with Gasteiger partial charge in [0.25, 0.3) is 5.91 Å². The molecule has 3 amide bonds. The molecule has 34 heavy (non-hydrogen) atoms. The van der Waals surface area contributed by atoms with E-state index in [-0.39, 0.29) is 5.69 Å². The topological polar surface area (TPSA) is 92.2 Å². The minimum atomic E-state index is -0.945. The van der Waals surface area contributed by atoms with Gasteiger partial charge in [-0.3, -0.25) is 19.8 Å². The van der Waals surface area contributed by atoms with Gasteiger partial charge in [-0.05, 0) is 76.9 Å². The highest BCUT2D eigenvalue weighted by Gasteiger charge is 2.22. The quantitative estimate of drug-likeness (QED) is 0.246. The van der Waals surface area contributed by atoms with Crippen molar-refractivity contribution in [2.24, 2.45) is 0 Å². The molecule has 0 aliphatic heterocycles. The molecular weight excluding hydrogens is 588 g/mol. The fourth-order valence-electron chi connectivity index (χ4n) is 3.28. The first kappa shape index (κ1) is 24.0. The molecule has 0 saturated carbocycles. The molecule has 4 rings (SSSR count). The van der Waals surface area contributed by atoms with E-state index in [2.05, 4.69) is 47.9 Å². The van der Waals surface area contributed by atoms with Crippen molar-refractivity contribution in [3.63, 3.8) is 0 Å². The number of aromatic nitrogens is 1. The highest BCUT2D eigenvalue weighted by atomic mass is 79.9. The Kier molecular flexibility index (Phi) is 7.06. The summed E-state index contributed by atoms with van der Waals surface area (Å²) >= 11 is 12.9. The maximum absolute atomic E-state index is 13.1. The molecule has 172 valence electrons. The van der Waals surface area contributed by atoms with E-state index in [1.165, 1.54) is 4.68 Å². The lowest BCUT2D eigenvalue weighted by Crippen LogP contribution is -2.36. The van der Waals surface area contributed by atoms with Crippen molar-refractivity contribution in [2.75, 3.05) is 16.1 Å². The van der Waals surface area contributed by atoms with E-state index in [9.17, 15) is 14.4 Å². The molecular formula is C24H17Br2ClN4O3. The molecule has 0 unspecified atom stereocenters. The van der Waals surface area contributed by atoms with Crippen LogP contribution >= 0.6 is 43.5 Å². The summed E-state index contributed by atoms with van der Waals surface area (Å²) in [6.07, 6.45) is 0. The highest BCUT2D eigenvalue weighted by Crippen LogP contribution is 2.26. The van der Waals surface area contributed by atoms with Gasteiger partial charge in [-0.25, -0.2) is 4.68 Å². The average Bonchev–Trinajstić information content (AvgIpc) is 3.14. The number of halogens is 3. The van der Waals surface area contributed by atoms with Crippen LogP contribution < -0.4 is 16.1 Å². The zero-order chi connectivity index (χ0) is 24.4. The smallest absolute Gasteiger partial charge is 0.319 e.